The molecule has 4 aromatic rings. The number of nitrogens with zero attached hydrogens (tertiary/aromatic N) is 4. The van der Waals surface area contributed by atoms with Gasteiger partial charge in [0.15, 0.2) is 0 Å². The van der Waals surface area contributed by atoms with Crippen molar-refractivity contribution in [3.8, 4) is 22.5 Å². The third kappa shape index (κ3) is 4.10. The van der Waals surface area contributed by atoms with Crippen LogP contribution >= 0.6 is 23.9 Å². The lowest BCUT2D eigenvalue weighted by atomic mass is 10.0. The lowest BCUT2D eigenvalue weighted by Gasteiger charge is -2.09. The molecule has 1 aliphatic carbocycles. The van der Waals surface area contributed by atoms with Crippen molar-refractivity contribution in [1.82, 2.24) is 19.1 Å². The van der Waals surface area contributed by atoms with Crippen LogP contribution in [0.15, 0.2) is 42.6 Å². The minimum atomic E-state index is -2.69. The maximum atomic E-state index is 13.3. The van der Waals surface area contributed by atoms with Gasteiger partial charge in [-0.3, -0.25) is 9.48 Å². The molecule has 1 aliphatic rings. The van der Waals surface area contributed by atoms with Crippen molar-refractivity contribution in [3.63, 3.8) is 0 Å². The number of hydrogen-bond acceptors (Lipinski definition) is 5. The van der Waals surface area contributed by atoms with E-state index in [1.807, 2.05) is 38.4 Å². The number of amides is 1. The fourth-order valence-corrected chi connectivity index (χ4v) is 4.53. The van der Waals surface area contributed by atoms with Gasteiger partial charge in [-0.15, -0.1) is 12.4 Å². The molecule has 0 unspecified atom stereocenters. The van der Waals surface area contributed by atoms with Gasteiger partial charge in [0.2, 0.25) is 5.91 Å². The van der Waals surface area contributed by atoms with E-state index in [9.17, 15) is 13.6 Å². The zero-order valence-corrected chi connectivity index (χ0v) is 18.9. The van der Waals surface area contributed by atoms with E-state index in [1.165, 1.54) is 6.07 Å². The number of aryl methyl sites for hydroxylation is 1. The Kier molecular flexibility index (Phi) is 5.96. The maximum Gasteiger partial charge on any atom is 0.280 e. The molecule has 2 atom stereocenters. The van der Waals surface area contributed by atoms with Crippen LogP contribution in [0.5, 0.6) is 0 Å². The number of halogens is 3. The van der Waals surface area contributed by atoms with Crippen LogP contribution in [0.2, 0.25) is 0 Å². The van der Waals surface area contributed by atoms with Gasteiger partial charge in [0.05, 0.1) is 22.5 Å². The monoisotopic (exact) mass is 475 g/mol. The molecule has 1 saturated carbocycles. The zero-order valence-electron chi connectivity index (χ0n) is 17.3. The molecule has 3 aromatic heterocycles. The fraction of sp³-hybridized carbons (Fsp3) is 0.273. The summed E-state index contributed by atoms with van der Waals surface area (Å²) in [7, 11) is 1.85. The Labute approximate surface area is 193 Å². The van der Waals surface area contributed by atoms with Crippen LogP contribution in [0.1, 0.15) is 25.5 Å². The molecule has 0 spiro atoms. The first-order valence-corrected chi connectivity index (χ1v) is 10.7. The summed E-state index contributed by atoms with van der Waals surface area (Å²) in [6.07, 6.45) is 0.0634. The standard InChI is InChI=1S/C22H19F2N5OS.ClH/c1-11-8-14(11)21(30)26-22-18(16-4-3-5-17(25-16)20(23)24)19(28-31-22)12-6-7-15-13(9-12)10-29(2)27-15;/h3-7,9-11,14,20H,8H2,1-2H3,(H,26,30);1H/t11-,14-;/m1./s1. The van der Waals surface area contributed by atoms with Gasteiger partial charge in [-0.05, 0) is 48.1 Å². The first kappa shape index (κ1) is 22.3. The average Bonchev–Trinajstić information content (AvgIpc) is 3.16. The third-order valence-electron chi connectivity index (χ3n) is 5.52. The smallest absolute Gasteiger partial charge is 0.280 e. The second kappa shape index (κ2) is 8.55. The van der Waals surface area contributed by atoms with Crippen molar-refractivity contribution in [2.45, 2.75) is 19.8 Å². The zero-order chi connectivity index (χ0) is 21.7. The Morgan fingerprint density at radius 1 is 1.28 bits per heavy atom. The molecule has 0 bridgehead atoms. The molecule has 3 heterocycles. The largest absolute Gasteiger partial charge is 0.316 e. The van der Waals surface area contributed by atoms with Crippen molar-refractivity contribution >= 4 is 45.8 Å². The van der Waals surface area contributed by atoms with Gasteiger partial charge in [-0.25, -0.2) is 13.8 Å². The van der Waals surface area contributed by atoms with Crippen molar-refractivity contribution in [2.24, 2.45) is 18.9 Å². The number of hydrogen-bond donors (Lipinski definition) is 1. The molecule has 10 heteroatoms. The minimum absolute atomic E-state index is 0. The van der Waals surface area contributed by atoms with Crippen molar-refractivity contribution in [1.29, 1.82) is 0 Å². The summed E-state index contributed by atoms with van der Waals surface area (Å²) in [5, 5.41) is 8.79. The number of fused-ring (bicyclic) bond motifs is 1. The topological polar surface area (TPSA) is 72.7 Å². The molecule has 0 saturated heterocycles. The number of aromatic nitrogens is 4. The van der Waals surface area contributed by atoms with Gasteiger partial charge in [0, 0.05) is 30.1 Å². The fourth-order valence-electron chi connectivity index (χ4n) is 3.71. The van der Waals surface area contributed by atoms with E-state index < -0.39 is 6.43 Å². The first-order chi connectivity index (χ1) is 14.9. The number of nitrogens with one attached hydrogen (secondary N) is 1. The van der Waals surface area contributed by atoms with Crippen LogP contribution in [0.4, 0.5) is 13.8 Å². The Bertz CT molecular complexity index is 1300. The molecule has 1 amide bonds. The lowest BCUT2D eigenvalue weighted by molar-refractivity contribution is -0.117. The molecule has 0 radical (unpaired) electrons. The number of anilines is 1. The second-order valence-corrected chi connectivity index (χ2v) is 8.64. The van der Waals surface area contributed by atoms with E-state index in [4.69, 9.17) is 0 Å². The number of carbonyl (C=O) groups is 1. The van der Waals surface area contributed by atoms with Crippen LogP contribution < -0.4 is 5.32 Å². The van der Waals surface area contributed by atoms with Gasteiger partial charge in [-0.2, -0.15) is 9.47 Å². The second-order valence-electron chi connectivity index (χ2n) is 7.87. The molecule has 0 aliphatic heterocycles. The SMILES string of the molecule is C[C@@H]1C[C@H]1C(=O)Nc1snc(-c2ccc3nn(C)cc3c2)c1-c1cccc(C(F)F)n1.Cl. The predicted octanol–water partition coefficient (Wildman–Crippen LogP) is 5.71. The highest BCUT2D eigenvalue weighted by Gasteiger charge is 2.39. The van der Waals surface area contributed by atoms with E-state index in [0.717, 1.165) is 34.4 Å². The quantitative estimate of drug-likeness (QED) is 0.401. The Morgan fingerprint density at radius 3 is 2.78 bits per heavy atom. The number of alkyl halides is 2. The van der Waals surface area contributed by atoms with Crippen LogP contribution in [0.25, 0.3) is 33.4 Å². The molecule has 5 rings (SSSR count). The predicted molar refractivity (Wildman–Crippen MR) is 123 cm³/mol. The molecule has 1 aromatic carbocycles. The number of carbonyl (C=O) groups excluding carboxylic acids is 1. The highest BCUT2D eigenvalue weighted by molar-refractivity contribution is 7.11. The molecular formula is C22H20ClF2N5OS. The summed E-state index contributed by atoms with van der Waals surface area (Å²) in [6, 6.07) is 10.2. The molecule has 166 valence electrons. The van der Waals surface area contributed by atoms with E-state index in [2.05, 4.69) is 19.8 Å². The molecule has 32 heavy (non-hydrogen) atoms. The lowest BCUT2D eigenvalue weighted by Crippen LogP contribution is -2.14. The summed E-state index contributed by atoms with van der Waals surface area (Å²) in [6.45, 7) is 2.03. The van der Waals surface area contributed by atoms with Gasteiger partial charge >= 0.3 is 0 Å². The summed E-state index contributed by atoms with van der Waals surface area (Å²) in [4.78, 5) is 16.7. The van der Waals surface area contributed by atoms with Gasteiger partial charge in [-0.1, -0.05) is 19.1 Å². The van der Waals surface area contributed by atoms with Crippen molar-refractivity contribution in [3.05, 3.63) is 48.3 Å². The van der Waals surface area contributed by atoms with Crippen molar-refractivity contribution in [2.75, 3.05) is 5.32 Å². The molecule has 6 nitrogen and oxygen atoms in total. The van der Waals surface area contributed by atoms with E-state index >= 15 is 0 Å². The van der Waals surface area contributed by atoms with Crippen LogP contribution in [0.3, 0.4) is 0 Å². The summed E-state index contributed by atoms with van der Waals surface area (Å²) < 4.78 is 32.9. The molecule has 1 fully saturated rings. The van der Waals surface area contributed by atoms with Gasteiger partial charge < -0.3 is 5.32 Å². The number of pyridine rings is 1. The van der Waals surface area contributed by atoms with E-state index in [0.29, 0.717) is 27.9 Å². The summed E-state index contributed by atoms with van der Waals surface area (Å²) >= 11 is 1.14. The summed E-state index contributed by atoms with van der Waals surface area (Å²) in [5.41, 5.74) is 2.83. The first-order valence-electron chi connectivity index (χ1n) is 9.90. The number of benzene rings is 1. The minimum Gasteiger partial charge on any atom is -0.316 e. The van der Waals surface area contributed by atoms with Gasteiger partial charge in [0.1, 0.15) is 10.7 Å². The third-order valence-corrected chi connectivity index (χ3v) is 6.28. The average molecular weight is 476 g/mol. The van der Waals surface area contributed by atoms with E-state index in [1.54, 1.807) is 16.8 Å². The summed E-state index contributed by atoms with van der Waals surface area (Å²) in [5.74, 6) is 0.256. The Morgan fingerprint density at radius 2 is 2.06 bits per heavy atom. The van der Waals surface area contributed by atoms with Crippen LogP contribution in [0, 0.1) is 11.8 Å². The molecular weight excluding hydrogens is 456 g/mol. The molecule has 1 N–H and O–H groups in total. The highest BCUT2D eigenvalue weighted by Crippen LogP contribution is 2.43. The van der Waals surface area contributed by atoms with Crippen LogP contribution in [-0.4, -0.2) is 25.0 Å². The van der Waals surface area contributed by atoms with Gasteiger partial charge in [0.25, 0.3) is 6.43 Å². The highest BCUT2D eigenvalue weighted by atomic mass is 35.5. The Balaban J connectivity index is 0.00000245. The number of rotatable bonds is 5. The van der Waals surface area contributed by atoms with E-state index in [-0.39, 0.29) is 29.9 Å². The normalized spacial score (nSPS) is 17.4. The van der Waals surface area contributed by atoms with Crippen molar-refractivity contribution < 1.29 is 13.6 Å². The van der Waals surface area contributed by atoms with Crippen LogP contribution in [-0.2, 0) is 11.8 Å². The maximum absolute atomic E-state index is 13.3. The Hall–Kier alpha value is -2.91.